The Balaban J connectivity index is 2.03. The van der Waals surface area contributed by atoms with E-state index in [1.165, 1.54) is 38.5 Å². The molecule has 0 aromatic carbocycles. The summed E-state index contributed by atoms with van der Waals surface area (Å²) in [6, 6.07) is 0.519. The topological polar surface area (TPSA) is 55.9 Å². The first kappa shape index (κ1) is 15.3. The molecule has 4 nitrogen and oxygen atoms in total. The molecule has 5 heteroatoms. The molecule has 1 aromatic rings. The molecule has 1 saturated carbocycles. The number of nitrogens with zero attached hydrogens (tertiary/aromatic N) is 2. The highest BCUT2D eigenvalue weighted by Gasteiger charge is 2.23. The van der Waals surface area contributed by atoms with E-state index in [2.05, 4.69) is 17.3 Å². The van der Waals surface area contributed by atoms with Gasteiger partial charge in [-0.15, -0.1) is 0 Å². The summed E-state index contributed by atoms with van der Waals surface area (Å²) in [6.07, 6.45) is 7.78. The van der Waals surface area contributed by atoms with Gasteiger partial charge in [0.15, 0.2) is 0 Å². The van der Waals surface area contributed by atoms with Gasteiger partial charge in [-0.3, -0.25) is 4.68 Å². The van der Waals surface area contributed by atoms with Crippen LogP contribution in [0.15, 0.2) is 0 Å². The van der Waals surface area contributed by atoms with E-state index in [4.69, 9.17) is 18.0 Å². The second-order valence-electron chi connectivity index (χ2n) is 5.95. The van der Waals surface area contributed by atoms with Crippen molar-refractivity contribution in [2.45, 2.75) is 58.4 Å². The number of aryl methyl sites for hydroxylation is 2. The summed E-state index contributed by atoms with van der Waals surface area (Å²) in [5.74, 6) is 1.90. The zero-order valence-electron chi connectivity index (χ0n) is 12.8. The third-order valence-corrected chi connectivity index (χ3v) is 4.56. The van der Waals surface area contributed by atoms with Crippen molar-refractivity contribution in [3.63, 3.8) is 0 Å². The van der Waals surface area contributed by atoms with Crippen LogP contribution in [0.25, 0.3) is 0 Å². The van der Waals surface area contributed by atoms with Crippen molar-refractivity contribution in [2.24, 2.45) is 18.7 Å². The van der Waals surface area contributed by atoms with Crippen LogP contribution in [0, 0.1) is 12.8 Å². The number of rotatable bonds is 5. The minimum absolute atomic E-state index is 0.428. The standard InChI is InChI=1S/C15H26N4S/c1-4-5-11-6-8-12(9-7-11)17-15-13(14(16)20)10(2)18-19(15)3/h11-12,17H,4-9H2,1-3H3,(H2,16,20). The summed E-state index contributed by atoms with van der Waals surface area (Å²) in [6.45, 7) is 4.23. The second kappa shape index (κ2) is 6.57. The Morgan fingerprint density at radius 1 is 1.40 bits per heavy atom. The van der Waals surface area contributed by atoms with Crippen LogP contribution in [-0.2, 0) is 7.05 Å². The van der Waals surface area contributed by atoms with Crippen LogP contribution in [0.1, 0.15) is 56.7 Å². The quantitative estimate of drug-likeness (QED) is 0.819. The maximum Gasteiger partial charge on any atom is 0.134 e. The van der Waals surface area contributed by atoms with Gasteiger partial charge in [0.1, 0.15) is 10.8 Å². The molecule has 1 aliphatic rings. The smallest absolute Gasteiger partial charge is 0.134 e. The number of nitrogens with two attached hydrogens (primary N) is 1. The summed E-state index contributed by atoms with van der Waals surface area (Å²) in [4.78, 5) is 0.428. The van der Waals surface area contributed by atoms with E-state index in [9.17, 15) is 0 Å². The van der Waals surface area contributed by atoms with Crippen LogP contribution >= 0.6 is 12.2 Å². The zero-order valence-corrected chi connectivity index (χ0v) is 13.6. The van der Waals surface area contributed by atoms with E-state index >= 15 is 0 Å². The summed E-state index contributed by atoms with van der Waals surface area (Å²) in [5, 5.41) is 8.04. The Labute approximate surface area is 127 Å². The van der Waals surface area contributed by atoms with Crippen LogP contribution in [-0.4, -0.2) is 20.8 Å². The molecular weight excluding hydrogens is 268 g/mol. The van der Waals surface area contributed by atoms with E-state index in [0.717, 1.165) is 23.0 Å². The number of hydrogen-bond donors (Lipinski definition) is 2. The fourth-order valence-electron chi connectivity index (χ4n) is 3.32. The monoisotopic (exact) mass is 294 g/mol. The average molecular weight is 294 g/mol. The first-order valence-corrected chi connectivity index (χ1v) is 8.03. The van der Waals surface area contributed by atoms with E-state index in [1.54, 1.807) is 0 Å². The normalized spacial score (nSPS) is 22.8. The molecule has 0 atom stereocenters. The molecule has 3 N–H and O–H groups in total. The van der Waals surface area contributed by atoms with E-state index in [-0.39, 0.29) is 0 Å². The molecule has 1 fully saturated rings. The molecule has 0 aliphatic heterocycles. The minimum Gasteiger partial charge on any atom is -0.389 e. The lowest BCUT2D eigenvalue weighted by Crippen LogP contribution is -2.28. The Bertz CT molecular complexity index is 472. The van der Waals surface area contributed by atoms with Gasteiger partial charge in [0, 0.05) is 13.1 Å². The molecule has 0 saturated heterocycles. The third kappa shape index (κ3) is 3.32. The molecule has 2 rings (SSSR count). The van der Waals surface area contributed by atoms with Crippen molar-refractivity contribution in [1.82, 2.24) is 9.78 Å². The molecule has 20 heavy (non-hydrogen) atoms. The number of hydrogen-bond acceptors (Lipinski definition) is 3. The number of nitrogens with one attached hydrogen (secondary N) is 1. The molecule has 1 aromatic heterocycles. The zero-order chi connectivity index (χ0) is 14.7. The van der Waals surface area contributed by atoms with Gasteiger partial charge in [0.25, 0.3) is 0 Å². The summed E-state index contributed by atoms with van der Waals surface area (Å²) >= 11 is 5.16. The number of aromatic nitrogens is 2. The van der Waals surface area contributed by atoms with Crippen LogP contribution in [0.2, 0.25) is 0 Å². The molecule has 112 valence electrons. The van der Waals surface area contributed by atoms with E-state index in [1.807, 2.05) is 18.7 Å². The Hall–Kier alpha value is -1.10. The van der Waals surface area contributed by atoms with Crippen molar-refractivity contribution in [3.05, 3.63) is 11.3 Å². The van der Waals surface area contributed by atoms with Crippen molar-refractivity contribution in [2.75, 3.05) is 5.32 Å². The maximum atomic E-state index is 5.83. The minimum atomic E-state index is 0.428. The van der Waals surface area contributed by atoms with Crippen molar-refractivity contribution < 1.29 is 0 Å². The fourth-order valence-corrected chi connectivity index (χ4v) is 3.56. The molecule has 0 radical (unpaired) electrons. The third-order valence-electron chi connectivity index (χ3n) is 4.35. The van der Waals surface area contributed by atoms with Gasteiger partial charge in [0.2, 0.25) is 0 Å². The summed E-state index contributed by atoms with van der Waals surface area (Å²) < 4.78 is 1.86. The van der Waals surface area contributed by atoms with Crippen molar-refractivity contribution in [1.29, 1.82) is 0 Å². The van der Waals surface area contributed by atoms with Gasteiger partial charge in [-0.1, -0.05) is 32.0 Å². The van der Waals surface area contributed by atoms with E-state index in [0.29, 0.717) is 11.0 Å². The molecule has 0 unspecified atom stereocenters. The molecule has 0 spiro atoms. The molecule has 1 heterocycles. The highest BCUT2D eigenvalue weighted by Crippen LogP contribution is 2.30. The summed E-state index contributed by atoms with van der Waals surface area (Å²) in [7, 11) is 1.94. The highest BCUT2D eigenvalue weighted by molar-refractivity contribution is 7.80. The van der Waals surface area contributed by atoms with E-state index < -0.39 is 0 Å². The largest absolute Gasteiger partial charge is 0.389 e. The number of thiocarbonyl (C=S) groups is 1. The van der Waals surface area contributed by atoms with Gasteiger partial charge in [-0.25, -0.2) is 0 Å². The molecule has 0 amide bonds. The maximum absolute atomic E-state index is 5.83. The average Bonchev–Trinajstić information content (AvgIpc) is 2.67. The van der Waals surface area contributed by atoms with Gasteiger partial charge < -0.3 is 11.1 Å². The van der Waals surface area contributed by atoms with Crippen LogP contribution in [0.5, 0.6) is 0 Å². The first-order chi connectivity index (χ1) is 9.52. The molecule has 1 aliphatic carbocycles. The summed E-state index contributed by atoms with van der Waals surface area (Å²) in [5.41, 5.74) is 7.64. The first-order valence-electron chi connectivity index (χ1n) is 7.62. The Kier molecular flexibility index (Phi) is 5.02. The van der Waals surface area contributed by atoms with Gasteiger partial charge in [-0.2, -0.15) is 5.10 Å². The predicted octanol–water partition coefficient (Wildman–Crippen LogP) is 3.13. The van der Waals surface area contributed by atoms with Crippen LogP contribution in [0.3, 0.4) is 0 Å². The van der Waals surface area contributed by atoms with Crippen LogP contribution < -0.4 is 11.1 Å². The second-order valence-corrected chi connectivity index (χ2v) is 6.39. The lowest BCUT2D eigenvalue weighted by Gasteiger charge is -2.29. The van der Waals surface area contributed by atoms with Gasteiger partial charge in [0.05, 0.1) is 11.3 Å². The SMILES string of the molecule is CCCC1CCC(Nc2c(C(N)=S)c(C)nn2C)CC1. The van der Waals surface area contributed by atoms with Crippen molar-refractivity contribution in [3.8, 4) is 0 Å². The van der Waals surface area contributed by atoms with Crippen LogP contribution in [0.4, 0.5) is 5.82 Å². The lowest BCUT2D eigenvalue weighted by atomic mass is 9.83. The van der Waals surface area contributed by atoms with Gasteiger partial charge in [-0.05, 0) is 38.5 Å². The lowest BCUT2D eigenvalue weighted by molar-refractivity contribution is 0.318. The Morgan fingerprint density at radius 2 is 2.05 bits per heavy atom. The van der Waals surface area contributed by atoms with Gasteiger partial charge >= 0.3 is 0 Å². The predicted molar refractivity (Wildman–Crippen MR) is 88.1 cm³/mol. The number of anilines is 1. The molecular formula is C15H26N4S. The highest BCUT2D eigenvalue weighted by atomic mass is 32.1. The Morgan fingerprint density at radius 3 is 2.60 bits per heavy atom. The van der Waals surface area contributed by atoms with Crippen molar-refractivity contribution >= 4 is 23.0 Å². The molecule has 0 bridgehead atoms. The fraction of sp³-hybridized carbons (Fsp3) is 0.733.